The zero-order valence-electron chi connectivity index (χ0n) is 13.8. The van der Waals surface area contributed by atoms with E-state index in [-0.39, 0.29) is 11.8 Å². The van der Waals surface area contributed by atoms with Gasteiger partial charge in [-0.25, -0.2) is 4.98 Å². The number of hydrogen-bond acceptors (Lipinski definition) is 5. The second-order valence-corrected chi connectivity index (χ2v) is 6.37. The molecule has 0 atom stereocenters. The van der Waals surface area contributed by atoms with Gasteiger partial charge in [-0.15, -0.1) is 0 Å². The van der Waals surface area contributed by atoms with Crippen LogP contribution in [0.5, 0.6) is 0 Å². The SMILES string of the molecule is Cc1cc(C(=O)N2CCC(c3nc4cccc(C)c4o3)CC2)on1. The van der Waals surface area contributed by atoms with Crippen molar-refractivity contribution in [3.63, 3.8) is 0 Å². The van der Waals surface area contributed by atoms with Crippen LogP contribution in [-0.4, -0.2) is 34.0 Å². The number of benzene rings is 1. The molecule has 1 aliphatic rings. The van der Waals surface area contributed by atoms with Crippen LogP contribution in [0.1, 0.15) is 46.5 Å². The van der Waals surface area contributed by atoms with Gasteiger partial charge in [0.15, 0.2) is 11.5 Å². The first-order valence-corrected chi connectivity index (χ1v) is 8.20. The number of carbonyl (C=O) groups excluding carboxylic acids is 1. The predicted octanol–water partition coefficient (Wildman–Crippen LogP) is 3.45. The molecule has 3 aromatic rings. The third kappa shape index (κ3) is 2.58. The van der Waals surface area contributed by atoms with Crippen LogP contribution in [0.4, 0.5) is 0 Å². The molecule has 4 rings (SSSR count). The fourth-order valence-corrected chi connectivity index (χ4v) is 3.23. The highest BCUT2D eigenvalue weighted by atomic mass is 16.5. The highest BCUT2D eigenvalue weighted by Gasteiger charge is 2.29. The summed E-state index contributed by atoms with van der Waals surface area (Å²) in [7, 11) is 0. The van der Waals surface area contributed by atoms with E-state index in [0.29, 0.717) is 18.8 Å². The number of oxazole rings is 1. The Kier molecular flexibility index (Phi) is 3.59. The van der Waals surface area contributed by atoms with Crippen LogP contribution in [0.15, 0.2) is 33.2 Å². The number of carbonyl (C=O) groups is 1. The summed E-state index contributed by atoms with van der Waals surface area (Å²) in [4.78, 5) is 18.8. The van der Waals surface area contributed by atoms with Crippen molar-refractivity contribution in [2.75, 3.05) is 13.1 Å². The van der Waals surface area contributed by atoms with Gasteiger partial charge in [0, 0.05) is 25.1 Å². The van der Waals surface area contributed by atoms with Crippen molar-refractivity contribution in [3.8, 4) is 0 Å². The molecule has 0 N–H and O–H groups in total. The first-order valence-electron chi connectivity index (χ1n) is 8.20. The molecule has 0 spiro atoms. The Hall–Kier alpha value is -2.63. The summed E-state index contributed by atoms with van der Waals surface area (Å²) in [5.74, 6) is 1.24. The van der Waals surface area contributed by atoms with Crippen molar-refractivity contribution in [1.29, 1.82) is 0 Å². The second kappa shape index (κ2) is 5.78. The van der Waals surface area contributed by atoms with E-state index in [9.17, 15) is 4.79 Å². The van der Waals surface area contributed by atoms with Gasteiger partial charge in [0.25, 0.3) is 5.91 Å². The molecule has 2 aromatic heterocycles. The first kappa shape index (κ1) is 14.9. The summed E-state index contributed by atoms with van der Waals surface area (Å²) in [6.07, 6.45) is 1.68. The average molecular weight is 325 g/mol. The maximum atomic E-state index is 12.4. The van der Waals surface area contributed by atoms with Crippen molar-refractivity contribution < 1.29 is 13.7 Å². The Morgan fingerprint density at radius 2 is 2.04 bits per heavy atom. The summed E-state index contributed by atoms with van der Waals surface area (Å²) in [6.45, 7) is 5.17. The van der Waals surface area contributed by atoms with Gasteiger partial charge in [-0.05, 0) is 38.3 Å². The molecule has 0 unspecified atom stereocenters. The van der Waals surface area contributed by atoms with Crippen molar-refractivity contribution in [3.05, 3.63) is 47.2 Å². The molecule has 1 saturated heterocycles. The monoisotopic (exact) mass is 325 g/mol. The number of para-hydroxylation sites is 1. The van der Waals surface area contributed by atoms with E-state index < -0.39 is 0 Å². The minimum atomic E-state index is -0.0949. The Bertz CT molecular complexity index is 888. The Labute approximate surface area is 139 Å². The normalized spacial score (nSPS) is 16.0. The highest BCUT2D eigenvalue weighted by Crippen LogP contribution is 2.31. The molecule has 1 aromatic carbocycles. The lowest BCUT2D eigenvalue weighted by Crippen LogP contribution is -2.37. The van der Waals surface area contributed by atoms with Crippen molar-refractivity contribution >= 4 is 17.0 Å². The van der Waals surface area contributed by atoms with Crippen molar-refractivity contribution in [1.82, 2.24) is 15.0 Å². The Morgan fingerprint density at radius 3 is 2.71 bits per heavy atom. The number of amides is 1. The van der Waals surface area contributed by atoms with Crippen LogP contribution in [0.25, 0.3) is 11.1 Å². The second-order valence-electron chi connectivity index (χ2n) is 6.37. The molecule has 0 saturated carbocycles. The van der Waals surface area contributed by atoms with Gasteiger partial charge in [0.1, 0.15) is 5.52 Å². The van der Waals surface area contributed by atoms with Crippen LogP contribution in [0, 0.1) is 13.8 Å². The molecular weight excluding hydrogens is 306 g/mol. The maximum absolute atomic E-state index is 12.4. The molecule has 1 aliphatic heterocycles. The van der Waals surface area contributed by atoms with E-state index in [1.54, 1.807) is 6.07 Å². The molecule has 124 valence electrons. The molecule has 0 radical (unpaired) electrons. The van der Waals surface area contributed by atoms with Crippen LogP contribution in [-0.2, 0) is 0 Å². The van der Waals surface area contributed by atoms with Gasteiger partial charge in [0.2, 0.25) is 5.76 Å². The first-order chi connectivity index (χ1) is 11.6. The molecule has 0 bridgehead atoms. The number of aromatic nitrogens is 2. The van der Waals surface area contributed by atoms with E-state index >= 15 is 0 Å². The smallest absolute Gasteiger partial charge is 0.292 e. The summed E-state index contributed by atoms with van der Waals surface area (Å²) in [6, 6.07) is 7.67. The van der Waals surface area contributed by atoms with Crippen LogP contribution in [0.2, 0.25) is 0 Å². The van der Waals surface area contributed by atoms with Crippen molar-refractivity contribution in [2.24, 2.45) is 0 Å². The maximum Gasteiger partial charge on any atom is 0.292 e. The minimum absolute atomic E-state index is 0.0949. The topological polar surface area (TPSA) is 72.4 Å². The van der Waals surface area contributed by atoms with Gasteiger partial charge in [-0.1, -0.05) is 17.3 Å². The molecular formula is C18H19N3O3. The molecule has 1 fully saturated rings. The summed E-state index contributed by atoms with van der Waals surface area (Å²) < 4.78 is 11.1. The van der Waals surface area contributed by atoms with E-state index in [1.807, 2.05) is 36.9 Å². The van der Waals surface area contributed by atoms with Gasteiger partial charge in [-0.3, -0.25) is 4.79 Å². The zero-order chi connectivity index (χ0) is 16.7. The number of likely N-dealkylation sites (tertiary alicyclic amines) is 1. The van der Waals surface area contributed by atoms with Crippen LogP contribution in [0.3, 0.4) is 0 Å². The number of fused-ring (bicyclic) bond motifs is 1. The highest BCUT2D eigenvalue weighted by molar-refractivity contribution is 5.91. The number of piperidine rings is 1. The third-order valence-corrected chi connectivity index (χ3v) is 4.60. The molecule has 24 heavy (non-hydrogen) atoms. The van der Waals surface area contributed by atoms with E-state index in [0.717, 1.165) is 41.1 Å². The average Bonchev–Trinajstić information content (AvgIpc) is 3.21. The lowest BCUT2D eigenvalue weighted by atomic mass is 9.96. The zero-order valence-corrected chi connectivity index (χ0v) is 13.8. The molecule has 6 nitrogen and oxygen atoms in total. The summed E-state index contributed by atoms with van der Waals surface area (Å²) >= 11 is 0. The van der Waals surface area contributed by atoms with E-state index in [4.69, 9.17) is 8.94 Å². The summed E-state index contributed by atoms with van der Waals surface area (Å²) in [5.41, 5.74) is 3.58. The number of hydrogen-bond donors (Lipinski definition) is 0. The standard InChI is InChI=1S/C18H19N3O3/c1-11-4-3-5-14-16(11)23-17(19-14)13-6-8-21(9-7-13)18(22)15-10-12(2)20-24-15/h3-5,10,13H,6-9H2,1-2H3. The fraction of sp³-hybridized carbons (Fsp3) is 0.389. The van der Waals surface area contributed by atoms with Crippen LogP contribution >= 0.6 is 0 Å². The minimum Gasteiger partial charge on any atom is -0.440 e. The lowest BCUT2D eigenvalue weighted by molar-refractivity contribution is 0.0665. The molecule has 1 amide bonds. The number of rotatable bonds is 2. The predicted molar refractivity (Wildman–Crippen MR) is 87.9 cm³/mol. The lowest BCUT2D eigenvalue weighted by Gasteiger charge is -2.29. The van der Waals surface area contributed by atoms with E-state index in [2.05, 4.69) is 10.1 Å². The molecule has 0 aliphatic carbocycles. The summed E-state index contributed by atoms with van der Waals surface area (Å²) in [5, 5.41) is 3.78. The van der Waals surface area contributed by atoms with Gasteiger partial charge in [0.05, 0.1) is 5.69 Å². The van der Waals surface area contributed by atoms with E-state index in [1.165, 1.54) is 0 Å². The van der Waals surface area contributed by atoms with Gasteiger partial charge >= 0.3 is 0 Å². The molecule has 6 heteroatoms. The quantitative estimate of drug-likeness (QED) is 0.721. The van der Waals surface area contributed by atoms with Gasteiger partial charge in [-0.2, -0.15) is 0 Å². The third-order valence-electron chi connectivity index (χ3n) is 4.60. The number of aryl methyl sites for hydroxylation is 2. The Morgan fingerprint density at radius 1 is 1.25 bits per heavy atom. The largest absolute Gasteiger partial charge is 0.440 e. The molecule has 3 heterocycles. The fourth-order valence-electron chi connectivity index (χ4n) is 3.23. The Balaban J connectivity index is 1.47. The van der Waals surface area contributed by atoms with Gasteiger partial charge < -0.3 is 13.8 Å². The number of nitrogens with zero attached hydrogens (tertiary/aromatic N) is 3. The van der Waals surface area contributed by atoms with Crippen molar-refractivity contribution in [2.45, 2.75) is 32.6 Å². The van der Waals surface area contributed by atoms with Crippen LogP contribution < -0.4 is 0 Å².